The first-order valence-electron chi connectivity index (χ1n) is 6.38. The number of guanidine groups is 1. The maximum atomic E-state index is 6.06. The number of nitrogens with two attached hydrogens (primary N) is 1. The summed E-state index contributed by atoms with van der Waals surface area (Å²) in [6, 6.07) is 0.579. The highest BCUT2D eigenvalue weighted by atomic mass is 15.3. The van der Waals surface area contributed by atoms with Crippen molar-refractivity contribution in [2.45, 2.75) is 65.0 Å². The summed E-state index contributed by atoms with van der Waals surface area (Å²) in [4.78, 5) is 6.70. The zero-order valence-electron chi connectivity index (χ0n) is 11.5. The van der Waals surface area contributed by atoms with E-state index in [1.165, 1.54) is 25.7 Å². The van der Waals surface area contributed by atoms with Gasteiger partial charge in [-0.1, -0.05) is 19.8 Å². The van der Waals surface area contributed by atoms with Crippen molar-refractivity contribution < 1.29 is 0 Å². The van der Waals surface area contributed by atoms with Crippen molar-refractivity contribution in [1.82, 2.24) is 4.90 Å². The van der Waals surface area contributed by atoms with E-state index in [1.807, 2.05) is 0 Å². The summed E-state index contributed by atoms with van der Waals surface area (Å²) in [6.07, 6.45) is 5.18. The van der Waals surface area contributed by atoms with E-state index in [2.05, 4.69) is 44.6 Å². The van der Waals surface area contributed by atoms with Crippen molar-refractivity contribution in [3.63, 3.8) is 0 Å². The molecule has 2 unspecified atom stereocenters. The second kappa shape index (κ2) is 5.07. The molecule has 2 N–H and O–H groups in total. The SMILES string of the molecule is CC1CCCC(N(C)C(N)=NC(C)(C)C)C1. The van der Waals surface area contributed by atoms with Crippen LogP contribution < -0.4 is 5.73 Å². The Labute approximate surface area is 100 Å². The molecule has 94 valence electrons. The van der Waals surface area contributed by atoms with Gasteiger partial charge in [-0.15, -0.1) is 0 Å². The third-order valence-electron chi connectivity index (χ3n) is 3.27. The summed E-state index contributed by atoms with van der Waals surface area (Å²) in [5.74, 6) is 1.51. The van der Waals surface area contributed by atoms with Crippen LogP contribution in [0.3, 0.4) is 0 Å². The van der Waals surface area contributed by atoms with Crippen LogP contribution in [0, 0.1) is 5.92 Å². The molecule has 1 aliphatic carbocycles. The van der Waals surface area contributed by atoms with Gasteiger partial charge in [-0.3, -0.25) is 0 Å². The lowest BCUT2D eigenvalue weighted by Gasteiger charge is -2.35. The molecule has 1 aliphatic rings. The monoisotopic (exact) mass is 225 g/mol. The van der Waals surface area contributed by atoms with Crippen LogP contribution >= 0.6 is 0 Å². The van der Waals surface area contributed by atoms with E-state index in [1.54, 1.807) is 0 Å². The Balaban J connectivity index is 2.62. The summed E-state index contributed by atoms with van der Waals surface area (Å²) in [5.41, 5.74) is 5.97. The van der Waals surface area contributed by atoms with Gasteiger partial charge in [0.15, 0.2) is 5.96 Å². The second-order valence-electron chi connectivity index (χ2n) is 6.18. The van der Waals surface area contributed by atoms with Gasteiger partial charge >= 0.3 is 0 Å². The quantitative estimate of drug-likeness (QED) is 0.550. The minimum absolute atomic E-state index is 0.0847. The average molecular weight is 225 g/mol. The molecule has 0 aliphatic heterocycles. The maximum absolute atomic E-state index is 6.06. The Morgan fingerprint density at radius 2 is 1.94 bits per heavy atom. The lowest BCUT2D eigenvalue weighted by molar-refractivity contribution is 0.229. The summed E-state index contributed by atoms with van der Waals surface area (Å²) in [6.45, 7) is 8.57. The number of nitrogens with zero attached hydrogens (tertiary/aromatic N) is 2. The van der Waals surface area contributed by atoms with Gasteiger partial charge < -0.3 is 10.6 Å². The van der Waals surface area contributed by atoms with Crippen LogP contribution in [0.4, 0.5) is 0 Å². The Kier molecular flexibility index (Phi) is 4.22. The molecule has 0 bridgehead atoms. The van der Waals surface area contributed by atoms with Crippen molar-refractivity contribution in [2.24, 2.45) is 16.6 Å². The molecule has 16 heavy (non-hydrogen) atoms. The average Bonchev–Trinajstić information content (AvgIpc) is 2.14. The van der Waals surface area contributed by atoms with Gasteiger partial charge in [0.25, 0.3) is 0 Å². The fraction of sp³-hybridized carbons (Fsp3) is 0.923. The van der Waals surface area contributed by atoms with Crippen molar-refractivity contribution in [2.75, 3.05) is 7.05 Å². The fourth-order valence-corrected chi connectivity index (χ4v) is 2.36. The topological polar surface area (TPSA) is 41.6 Å². The molecule has 0 saturated heterocycles. The molecule has 0 amide bonds. The van der Waals surface area contributed by atoms with Crippen LogP contribution in [0.15, 0.2) is 4.99 Å². The van der Waals surface area contributed by atoms with E-state index < -0.39 is 0 Å². The number of rotatable bonds is 1. The van der Waals surface area contributed by atoms with E-state index in [4.69, 9.17) is 5.73 Å². The smallest absolute Gasteiger partial charge is 0.191 e. The zero-order chi connectivity index (χ0) is 12.3. The third kappa shape index (κ3) is 4.03. The highest BCUT2D eigenvalue weighted by Gasteiger charge is 2.24. The second-order valence-corrected chi connectivity index (χ2v) is 6.18. The Bertz CT molecular complexity index is 252. The molecule has 1 saturated carbocycles. The maximum Gasteiger partial charge on any atom is 0.191 e. The molecule has 0 aromatic rings. The standard InChI is InChI=1S/C13H27N3/c1-10-7-6-8-11(9-10)16(5)12(14)15-13(2,3)4/h10-11H,6-9H2,1-5H3,(H2,14,15). The normalized spacial score (nSPS) is 27.9. The summed E-state index contributed by atoms with van der Waals surface area (Å²) < 4.78 is 0. The molecule has 1 fully saturated rings. The first-order valence-corrected chi connectivity index (χ1v) is 6.38. The molecular formula is C13H27N3. The molecule has 0 heterocycles. The van der Waals surface area contributed by atoms with Crippen molar-refractivity contribution in [3.05, 3.63) is 0 Å². The van der Waals surface area contributed by atoms with Crippen LogP contribution in [0.2, 0.25) is 0 Å². The van der Waals surface area contributed by atoms with E-state index >= 15 is 0 Å². The number of hydrogen-bond acceptors (Lipinski definition) is 1. The Morgan fingerprint density at radius 3 is 2.44 bits per heavy atom. The first kappa shape index (κ1) is 13.3. The first-order chi connectivity index (χ1) is 7.29. The molecule has 0 aromatic heterocycles. The van der Waals surface area contributed by atoms with Crippen LogP contribution in [0.1, 0.15) is 53.4 Å². The van der Waals surface area contributed by atoms with Crippen LogP contribution in [-0.2, 0) is 0 Å². The van der Waals surface area contributed by atoms with Gasteiger partial charge in [0, 0.05) is 13.1 Å². The molecule has 2 atom stereocenters. The van der Waals surface area contributed by atoms with Gasteiger partial charge in [-0.05, 0) is 39.5 Å². The van der Waals surface area contributed by atoms with Gasteiger partial charge in [0.05, 0.1) is 5.54 Å². The zero-order valence-corrected chi connectivity index (χ0v) is 11.5. The number of aliphatic imine (C=N–C) groups is 1. The van der Waals surface area contributed by atoms with E-state index in [0.29, 0.717) is 12.0 Å². The van der Waals surface area contributed by atoms with E-state index in [-0.39, 0.29) is 5.54 Å². The van der Waals surface area contributed by atoms with Gasteiger partial charge in [-0.25, -0.2) is 4.99 Å². The van der Waals surface area contributed by atoms with E-state index in [9.17, 15) is 0 Å². The highest BCUT2D eigenvalue weighted by Crippen LogP contribution is 2.26. The lowest BCUT2D eigenvalue weighted by Crippen LogP contribution is -2.44. The predicted octanol–water partition coefficient (Wildman–Crippen LogP) is 2.61. The summed E-state index contributed by atoms with van der Waals surface area (Å²) in [5, 5.41) is 0. The highest BCUT2D eigenvalue weighted by molar-refractivity contribution is 5.78. The van der Waals surface area contributed by atoms with Crippen LogP contribution in [-0.4, -0.2) is 29.5 Å². The fourth-order valence-electron chi connectivity index (χ4n) is 2.36. The molecule has 0 radical (unpaired) electrons. The van der Waals surface area contributed by atoms with Gasteiger partial charge in [0.1, 0.15) is 0 Å². The van der Waals surface area contributed by atoms with Gasteiger partial charge in [-0.2, -0.15) is 0 Å². The molecule has 0 aromatic carbocycles. The minimum atomic E-state index is -0.0847. The van der Waals surface area contributed by atoms with Crippen molar-refractivity contribution in [3.8, 4) is 0 Å². The predicted molar refractivity (Wildman–Crippen MR) is 70.6 cm³/mol. The summed E-state index contributed by atoms with van der Waals surface area (Å²) >= 11 is 0. The minimum Gasteiger partial charge on any atom is -0.370 e. The molecule has 1 rings (SSSR count). The Hall–Kier alpha value is -0.730. The largest absolute Gasteiger partial charge is 0.370 e. The van der Waals surface area contributed by atoms with Crippen molar-refractivity contribution >= 4 is 5.96 Å². The molecular weight excluding hydrogens is 198 g/mol. The molecule has 0 spiro atoms. The molecule has 3 nitrogen and oxygen atoms in total. The lowest BCUT2D eigenvalue weighted by atomic mass is 9.86. The molecule has 3 heteroatoms. The summed E-state index contributed by atoms with van der Waals surface area (Å²) in [7, 11) is 2.08. The van der Waals surface area contributed by atoms with Crippen molar-refractivity contribution in [1.29, 1.82) is 0 Å². The van der Waals surface area contributed by atoms with Crippen LogP contribution in [0.25, 0.3) is 0 Å². The van der Waals surface area contributed by atoms with Crippen LogP contribution in [0.5, 0.6) is 0 Å². The van der Waals surface area contributed by atoms with Gasteiger partial charge in [0.2, 0.25) is 0 Å². The van der Waals surface area contributed by atoms with E-state index in [0.717, 1.165) is 5.92 Å². The Morgan fingerprint density at radius 1 is 1.31 bits per heavy atom. The third-order valence-corrected chi connectivity index (χ3v) is 3.27. The number of hydrogen-bond donors (Lipinski definition) is 1.